The lowest BCUT2D eigenvalue weighted by molar-refractivity contribution is -0.143. The van der Waals surface area contributed by atoms with Gasteiger partial charge in [0, 0.05) is 49.4 Å². The zero-order valence-corrected chi connectivity index (χ0v) is 20.2. The zero-order chi connectivity index (χ0) is 22.6. The normalized spacial score (nSPS) is 18.1. The van der Waals surface area contributed by atoms with Crippen molar-refractivity contribution in [1.82, 2.24) is 4.90 Å². The molecule has 1 aromatic rings. The number of benzene rings is 1. The van der Waals surface area contributed by atoms with Gasteiger partial charge in [-0.25, -0.2) is 0 Å². The fraction of sp³-hybridized carbons (Fsp3) is 0.692. The first kappa shape index (κ1) is 23.6. The number of hydrogen-bond acceptors (Lipinski definition) is 3. The standard InChI is InChI=1S/C26H41N3O2/c1-26(2,3)25(31)29(22-13-7-6-8-14-22)18-20-17-21(15-16-23(20)28(4)5)27-24(30)19-11-9-10-12-19/h15-17,19,22H,6-14,18H2,1-5H3,(H,27,30). The van der Waals surface area contributed by atoms with Crippen molar-refractivity contribution in [2.75, 3.05) is 24.3 Å². The van der Waals surface area contributed by atoms with E-state index in [1.807, 2.05) is 40.9 Å². The number of carbonyl (C=O) groups is 2. The van der Waals surface area contributed by atoms with Gasteiger partial charge in [0.15, 0.2) is 0 Å². The van der Waals surface area contributed by atoms with Crippen molar-refractivity contribution in [3.8, 4) is 0 Å². The van der Waals surface area contributed by atoms with Gasteiger partial charge in [-0.3, -0.25) is 9.59 Å². The van der Waals surface area contributed by atoms with Crippen LogP contribution in [0.1, 0.15) is 84.1 Å². The van der Waals surface area contributed by atoms with E-state index in [2.05, 4.69) is 27.2 Å². The Morgan fingerprint density at radius 2 is 1.58 bits per heavy atom. The average molecular weight is 428 g/mol. The maximum absolute atomic E-state index is 13.4. The maximum Gasteiger partial charge on any atom is 0.228 e. The Kier molecular flexibility index (Phi) is 7.66. The molecule has 0 radical (unpaired) electrons. The van der Waals surface area contributed by atoms with Crippen LogP contribution in [0, 0.1) is 11.3 Å². The summed E-state index contributed by atoms with van der Waals surface area (Å²) in [7, 11) is 4.07. The molecule has 0 aromatic heterocycles. The minimum atomic E-state index is -0.413. The molecule has 2 aliphatic rings. The van der Waals surface area contributed by atoms with Gasteiger partial charge >= 0.3 is 0 Å². The minimum Gasteiger partial charge on any atom is -0.377 e. The van der Waals surface area contributed by atoms with Crippen LogP contribution in [-0.2, 0) is 16.1 Å². The van der Waals surface area contributed by atoms with Crippen molar-refractivity contribution in [2.24, 2.45) is 11.3 Å². The summed E-state index contributed by atoms with van der Waals surface area (Å²) in [6.07, 6.45) is 10.1. The van der Waals surface area contributed by atoms with Crippen LogP contribution in [0.15, 0.2) is 18.2 Å². The highest BCUT2D eigenvalue weighted by atomic mass is 16.2. The summed E-state index contributed by atoms with van der Waals surface area (Å²) in [5.74, 6) is 0.485. The third kappa shape index (κ3) is 6.02. The van der Waals surface area contributed by atoms with Crippen molar-refractivity contribution < 1.29 is 9.59 Å². The molecule has 1 aromatic carbocycles. The SMILES string of the molecule is CN(C)c1ccc(NC(=O)C2CCCC2)cc1CN(C(=O)C(C)(C)C)C1CCCCC1. The molecular weight excluding hydrogens is 386 g/mol. The van der Waals surface area contributed by atoms with Gasteiger partial charge in [0.1, 0.15) is 0 Å². The summed E-state index contributed by atoms with van der Waals surface area (Å²) in [4.78, 5) is 30.3. The van der Waals surface area contributed by atoms with Crippen molar-refractivity contribution in [3.63, 3.8) is 0 Å². The van der Waals surface area contributed by atoms with Crippen molar-refractivity contribution in [1.29, 1.82) is 0 Å². The first-order chi connectivity index (χ1) is 14.7. The van der Waals surface area contributed by atoms with E-state index in [1.54, 1.807) is 0 Å². The summed E-state index contributed by atoms with van der Waals surface area (Å²) in [5, 5.41) is 3.14. The molecule has 5 nitrogen and oxygen atoms in total. The van der Waals surface area contributed by atoms with E-state index in [4.69, 9.17) is 0 Å². The van der Waals surface area contributed by atoms with E-state index >= 15 is 0 Å². The lowest BCUT2D eigenvalue weighted by Gasteiger charge is -2.39. The fourth-order valence-electron chi connectivity index (χ4n) is 5.03. The third-order valence-corrected chi connectivity index (χ3v) is 6.81. The molecule has 2 fully saturated rings. The second-order valence-corrected chi connectivity index (χ2v) is 10.7. The van der Waals surface area contributed by atoms with Crippen LogP contribution in [0.3, 0.4) is 0 Å². The molecule has 0 spiro atoms. The van der Waals surface area contributed by atoms with Gasteiger partial charge in [-0.1, -0.05) is 52.9 Å². The average Bonchev–Trinajstić information content (AvgIpc) is 3.26. The predicted octanol–water partition coefficient (Wildman–Crippen LogP) is 5.59. The van der Waals surface area contributed by atoms with E-state index in [1.165, 1.54) is 19.3 Å². The van der Waals surface area contributed by atoms with E-state index < -0.39 is 5.41 Å². The predicted molar refractivity (Wildman–Crippen MR) is 128 cm³/mol. The third-order valence-electron chi connectivity index (χ3n) is 6.81. The van der Waals surface area contributed by atoms with Crippen molar-refractivity contribution >= 4 is 23.2 Å². The monoisotopic (exact) mass is 427 g/mol. The van der Waals surface area contributed by atoms with E-state index in [0.717, 1.165) is 55.5 Å². The number of amides is 2. The summed E-state index contributed by atoms with van der Waals surface area (Å²) in [6, 6.07) is 6.43. The molecule has 2 amide bonds. The minimum absolute atomic E-state index is 0.135. The summed E-state index contributed by atoms with van der Waals surface area (Å²) in [5.41, 5.74) is 2.62. The lowest BCUT2D eigenvalue weighted by Crippen LogP contribution is -2.46. The molecule has 0 heterocycles. The second kappa shape index (κ2) is 10.1. The smallest absolute Gasteiger partial charge is 0.228 e. The molecule has 0 unspecified atom stereocenters. The molecule has 0 bridgehead atoms. The van der Waals surface area contributed by atoms with Crippen molar-refractivity contribution in [2.45, 2.75) is 91.1 Å². The number of carbonyl (C=O) groups excluding carboxylic acids is 2. The number of nitrogens with one attached hydrogen (secondary N) is 1. The molecule has 31 heavy (non-hydrogen) atoms. The van der Waals surface area contributed by atoms with E-state index in [9.17, 15) is 9.59 Å². The van der Waals surface area contributed by atoms with Gasteiger partial charge in [0.05, 0.1) is 0 Å². The quantitative estimate of drug-likeness (QED) is 0.644. The highest BCUT2D eigenvalue weighted by molar-refractivity contribution is 5.93. The maximum atomic E-state index is 13.4. The molecule has 172 valence electrons. The Morgan fingerprint density at radius 3 is 2.16 bits per heavy atom. The molecule has 1 N–H and O–H groups in total. The van der Waals surface area contributed by atoms with Gasteiger partial charge < -0.3 is 15.1 Å². The fourth-order valence-corrected chi connectivity index (χ4v) is 5.03. The van der Waals surface area contributed by atoms with E-state index in [0.29, 0.717) is 12.6 Å². The summed E-state index contributed by atoms with van der Waals surface area (Å²) >= 11 is 0. The zero-order valence-electron chi connectivity index (χ0n) is 20.2. The summed E-state index contributed by atoms with van der Waals surface area (Å²) < 4.78 is 0. The number of hydrogen-bond donors (Lipinski definition) is 1. The topological polar surface area (TPSA) is 52.7 Å². The molecule has 0 aliphatic heterocycles. The van der Waals surface area contributed by atoms with Crippen LogP contribution < -0.4 is 10.2 Å². The first-order valence-corrected chi connectivity index (χ1v) is 12.1. The van der Waals surface area contributed by atoms with Crippen LogP contribution in [0.5, 0.6) is 0 Å². The second-order valence-electron chi connectivity index (χ2n) is 10.7. The molecule has 2 aliphatic carbocycles. The Labute approximate surface area is 188 Å². The molecule has 3 rings (SSSR count). The van der Waals surface area contributed by atoms with Crippen LogP contribution in [0.4, 0.5) is 11.4 Å². The highest BCUT2D eigenvalue weighted by Gasteiger charge is 2.33. The number of nitrogens with zero attached hydrogens (tertiary/aromatic N) is 2. The van der Waals surface area contributed by atoms with Crippen LogP contribution in [0.2, 0.25) is 0 Å². The lowest BCUT2D eigenvalue weighted by atomic mass is 9.89. The van der Waals surface area contributed by atoms with Crippen molar-refractivity contribution in [3.05, 3.63) is 23.8 Å². The van der Waals surface area contributed by atoms with Gasteiger partial charge in [-0.15, -0.1) is 0 Å². The van der Waals surface area contributed by atoms with Gasteiger partial charge in [-0.2, -0.15) is 0 Å². The van der Waals surface area contributed by atoms with Gasteiger partial charge in [0.2, 0.25) is 11.8 Å². The molecule has 5 heteroatoms. The van der Waals surface area contributed by atoms with E-state index in [-0.39, 0.29) is 17.7 Å². The molecule has 0 atom stereocenters. The van der Waals surface area contributed by atoms with Gasteiger partial charge in [-0.05, 0) is 49.4 Å². The highest BCUT2D eigenvalue weighted by Crippen LogP contribution is 2.32. The Morgan fingerprint density at radius 1 is 0.968 bits per heavy atom. The molecule has 0 saturated heterocycles. The van der Waals surface area contributed by atoms with Gasteiger partial charge in [0.25, 0.3) is 0 Å². The number of anilines is 2. The largest absolute Gasteiger partial charge is 0.377 e. The Hall–Kier alpha value is -2.04. The van der Waals surface area contributed by atoms with Crippen LogP contribution in [-0.4, -0.2) is 36.9 Å². The first-order valence-electron chi connectivity index (χ1n) is 12.1. The Bertz CT molecular complexity index is 769. The molecular formula is C26H41N3O2. The van der Waals surface area contributed by atoms with Crippen LogP contribution in [0.25, 0.3) is 0 Å². The summed E-state index contributed by atoms with van der Waals surface area (Å²) in [6.45, 7) is 6.62. The Balaban J connectivity index is 1.87. The number of rotatable bonds is 6. The molecule has 2 saturated carbocycles. The van der Waals surface area contributed by atoms with Crippen LogP contribution >= 0.6 is 0 Å².